The standard InChI is InChI=1S/C9H7FN2O2S/c1-14-9(13)8-12-7-5(10)2-4(11)3-6(7)15-8/h2-3H,11H2,1H3. The molecule has 1 heterocycles. The highest BCUT2D eigenvalue weighted by Gasteiger charge is 2.15. The molecular formula is C9H7FN2O2S. The van der Waals surface area contributed by atoms with Gasteiger partial charge in [-0.2, -0.15) is 0 Å². The number of nitrogens with zero attached hydrogens (tertiary/aromatic N) is 1. The zero-order valence-electron chi connectivity index (χ0n) is 7.78. The fourth-order valence-electron chi connectivity index (χ4n) is 1.18. The van der Waals surface area contributed by atoms with Crippen LogP contribution in [0.5, 0.6) is 0 Å². The van der Waals surface area contributed by atoms with Crippen molar-refractivity contribution < 1.29 is 13.9 Å². The maximum atomic E-state index is 13.3. The number of halogens is 1. The van der Waals surface area contributed by atoms with Crippen molar-refractivity contribution in [1.29, 1.82) is 0 Å². The third kappa shape index (κ3) is 1.63. The first-order valence-corrected chi connectivity index (χ1v) is 4.87. The molecule has 2 aromatic rings. The van der Waals surface area contributed by atoms with Gasteiger partial charge in [0, 0.05) is 5.69 Å². The first kappa shape index (κ1) is 9.85. The van der Waals surface area contributed by atoms with E-state index in [1.807, 2.05) is 0 Å². The molecule has 0 fully saturated rings. The van der Waals surface area contributed by atoms with E-state index in [-0.39, 0.29) is 10.5 Å². The Hall–Kier alpha value is -1.69. The van der Waals surface area contributed by atoms with Crippen molar-refractivity contribution in [3.63, 3.8) is 0 Å². The van der Waals surface area contributed by atoms with E-state index in [0.717, 1.165) is 11.3 Å². The predicted molar refractivity (Wildman–Crippen MR) is 55.3 cm³/mol. The van der Waals surface area contributed by atoms with E-state index in [2.05, 4.69) is 9.72 Å². The summed E-state index contributed by atoms with van der Waals surface area (Å²) in [6, 6.07) is 2.74. The number of carbonyl (C=O) groups excluding carboxylic acids is 1. The van der Waals surface area contributed by atoms with Crippen molar-refractivity contribution in [3.05, 3.63) is 23.0 Å². The van der Waals surface area contributed by atoms with Gasteiger partial charge in [-0.1, -0.05) is 0 Å². The molecule has 15 heavy (non-hydrogen) atoms. The van der Waals surface area contributed by atoms with Gasteiger partial charge in [0.15, 0.2) is 5.82 Å². The van der Waals surface area contributed by atoms with E-state index in [4.69, 9.17) is 5.73 Å². The van der Waals surface area contributed by atoms with Gasteiger partial charge >= 0.3 is 5.97 Å². The Morgan fingerprint density at radius 2 is 2.33 bits per heavy atom. The van der Waals surface area contributed by atoms with E-state index in [1.165, 1.54) is 13.2 Å². The lowest BCUT2D eigenvalue weighted by molar-refractivity contribution is 0.0600. The van der Waals surface area contributed by atoms with Gasteiger partial charge in [-0.15, -0.1) is 11.3 Å². The minimum atomic E-state index is -0.575. The lowest BCUT2D eigenvalue weighted by Crippen LogP contribution is -1.99. The maximum absolute atomic E-state index is 13.3. The van der Waals surface area contributed by atoms with E-state index in [9.17, 15) is 9.18 Å². The van der Waals surface area contributed by atoms with Crippen LogP contribution in [0.1, 0.15) is 9.80 Å². The molecule has 0 bridgehead atoms. The van der Waals surface area contributed by atoms with Crippen LogP contribution < -0.4 is 5.73 Å². The molecule has 6 heteroatoms. The highest BCUT2D eigenvalue weighted by atomic mass is 32.1. The lowest BCUT2D eigenvalue weighted by Gasteiger charge is -1.92. The number of carbonyl (C=O) groups is 1. The molecule has 0 aliphatic carbocycles. The highest BCUT2D eigenvalue weighted by Crippen LogP contribution is 2.27. The Balaban J connectivity index is 2.65. The summed E-state index contributed by atoms with van der Waals surface area (Å²) in [6.07, 6.45) is 0. The predicted octanol–water partition coefficient (Wildman–Crippen LogP) is 1.80. The van der Waals surface area contributed by atoms with E-state index in [1.54, 1.807) is 6.07 Å². The van der Waals surface area contributed by atoms with Crippen molar-refractivity contribution in [2.45, 2.75) is 0 Å². The van der Waals surface area contributed by atoms with Crippen LogP contribution >= 0.6 is 11.3 Å². The fraction of sp³-hybridized carbons (Fsp3) is 0.111. The Bertz CT molecular complexity index is 538. The number of hydrogen-bond donors (Lipinski definition) is 1. The number of benzene rings is 1. The minimum Gasteiger partial charge on any atom is -0.464 e. The molecule has 0 aliphatic heterocycles. The van der Waals surface area contributed by atoms with Crippen LogP contribution in [0.2, 0.25) is 0 Å². The summed E-state index contributed by atoms with van der Waals surface area (Å²) >= 11 is 1.05. The van der Waals surface area contributed by atoms with Crippen LogP contribution in [0.4, 0.5) is 10.1 Å². The minimum absolute atomic E-state index is 0.122. The zero-order valence-corrected chi connectivity index (χ0v) is 8.60. The van der Waals surface area contributed by atoms with Gasteiger partial charge in [-0.05, 0) is 12.1 Å². The average Bonchev–Trinajstić information content (AvgIpc) is 2.60. The molecule has 1 aromatic heterocycles. The second-order valence-corrected chi connectivity index (χ2v) is 3.89. The number of hydrogen-bond acceptors (Lipinski definition) is 5. The molecule has 0 unspecified atom stereocenters. The largest absolute Gasteiger partial charge is 0.464 e. The molecule has 0 aliphatic rings. The van der Waals surface area contributed by atoms with Gasteiger partial charge in [0.05, 0.1) is 11.8 Å². The number of thiazole rings is 1. The molecule has 0 saturated carbocycles. The molecule has 2 rings (SSSR count). The molecule has 78 valence electrons. The van der Waals surface area contributed by atoms with Crippen LogP contribution in [0.3, 0.4) is 0 Å². The Labute approximate surface area is 88.5 Å². The molecular weight excluding hydrogens is 219 g/mol. The van der Waals surface area contributed by atoms with E-state index in [0.29, 0.717) is 10.4 Å². The fourth-order valence-corrected chi connectivity index (χ4v) is 2.13. The second kappa shape index (κ2) is 3.47. The topological polar surface area (TPSA) is 65.2 Å². The van der Waals surface area contributed by atoms with Crippen molar-refractivity contribution >= 4 is 33.2 Å². The number of nitrogen functional groups attached to an aromatic ring is 1. The lowest BCUT2D eigenvalue weighted by atomic mass is 10.3. The summed E-state index contributed by atoms with van der Waals surface area (Å²) in [7, 11) is 1.25. The smallest absolute Gasteiger partial charge is 0.367 e. The second-order valence-electron chi connectivity index (χ2n) is 2.86. The van der Waals surface area contributed by atoms with Gasteiger partial charge < -0.3 is 10.5 Å². The molecule has 0 radical (unpaired) electrons. The zero-order chi connectivity index (χ0) is 11.0. The summed E-state index contributed by atoms with van der Waals surface area (Å²) in [5, 5.41) is 0.122. The van der Waals surface area contributed by atoms with Gasteiger partial charge in [-0.25, -0.2) is 14.2 Å². The number of methoxy groups -OCH3 is 1. The normalized spacial score (nSPS) is 10.5. The summed E-state index contributed by atoms with van der Waals surface area (Å²) in [5.74, 6) is -1.11. The molecule has 2 N–H and O–H groups in total. The molecule has 0 amide bonds. The van der Waals surface area contributed by atoms with Crippen LogP contribution in [-0.4, -0.2) is 18.1 Å². The quantitative estimate of drug-likeness (QED) is 0.594. The summed E-state index contributed by atoms with van der Waals surface area (Å²) in [6.45, 7) is 0. The van der Waals surface area contributed by atoms with Crippen LogP contribution in [0, 0.1) is 5.82 Å². The molecule has 1 aromatic carbocycles. The summed E-state index contributed by atoms with van der Waals surface area (Å²) in [4.78, 5) is 15.0. The SMILES string of the molecule is COC(=O)c1nc2c(F)cc(N)cc2s1. The van der Waals surface area contributed by atoms with Crippen molar-refractivity contribution in [2.75, 3.05) is 12.8 Å². The maximum Gasteiger partial charge on any atom is 0.367 e. The third-order valence-electron chi connectivity index (χ3n) is 1.83. The summed E-state index contributed by atoms with van der Waals surface area (Å²) in [5.41, 5.74) is 5.92. The van der Waals surface area contributed by atoms with Crippen LogP contribution in [0.15, 0.2) is 12.1 Å². The van der Waals surface area contributed by atoms with E-state index >= 15 is 0 Å². The van der Waals surface area contributed by atoms with Gasteiger partial charge in [0.1, 0.15) is 5.52 Å². The Morgan fingerprint density at radius 1 is 1.60 bits per heavy atom. The molecule has 0 spiro atoms. The Morgan fingerprint density at radius 3 is 3.00 bits per heavy atom. The van der Waals surface area contributed by atoms with Gasteiger partial charge in [0.25, 0.3) is 0 Å². The van der Waals surface area contributed by atoms with Crippen molar-refractivity contribution in [2.24, 2.45) is 0 Å². The van der Waals surface area contributed by atoms with Crippen molar-refractivity contribution in [1.82, 2.24) is 4.98 Å². The first-order valence-electron chi connectivity index (χ1n) is 4.05. The van der Waals surface area contributed by atoms with E-state index < -0.39 is 11.8 Å². The van der Waals surface area contributed by atoms with Crippen molar-refractivity contribution in [3.8, 4) is 0 Å². The third-order valence-corrected chi connectivity index (χ3v) is 2.81. The monoisotopic (exact) mass is 226 g/mol. The van der Waals surface area contributed by atoms with Crippen LogP contribution in [-0.2, 0) is 4.74 Å². The van der Waals surface area contributed by atoms with Crippen LogP contribution in [0.25, 0.3) is 10.2 Å². The number of rotatable bonds is 1. The molecule has 4 nitrogen and oxygen atoms in total. The first-order chi connectivity index (χ1) is 7.11. The highest BCUT2D eigenvalue weighted by molar-refractivity contribution is 7.20. The number of anilines is 1. The number of fused-ring (bicyclic) bond motifs is 1. The average molecular weight is 226 g/mol. The number of esters is 1. The number of aromatic nitrogens is 1. The molecule has 0 saturated heterocycles. The number of nitrogens with two attached hydrogens (primary N) is 1. The van der Waals surface area contributed by atoms with Gasteiger partial charge in [0.2, 0.25) is 5.01 Å². The summed E-state index contributed by atoms with van der Waals surface area (Å²) < 4.78 is 18.4. The molecule has 0 atom stereocenters. The number of ether oxygens (including phenoxy) is 1. The Kier molecular flexibility index (Phi) is 2.28. The van der Waals surface area contributed by atoms with Gasteiger partial charge in [-0.3, -0.25) is 0 Å².